The molecule has 0 bridgehead atoms. The number of aromatic nitrogens is 1. The van der Waals surface area contributed by atoms with Crippen LogP contribution in [0.25, 0.3) is 0 Å². The van der Waals surface area contributed by atoms with Gasteiger partial charge < -0.3 is 5.73 Å². The van der Waals surface area contributed by atoms with Crippen LogP contribution in [0, 0.1) is 11.3 Å². The highest BCUT2D eigenvalue weighted by Gasteiger charge is 2.08. The van der Waals surface area contributed by atoms with Gasteiger partial charge in [-0.05, 0) is 22.0 Å². The number of halogens is 1. The van der Waals surface area contributed by atoms with Crippen molar-refractivity contribution in [1.82, 2.24) is 4.98 Å². The fraction of sp³-hybridized carbons (Fsp3) is 0.250. The van der Waals surface area contributed by atoms with Crippen molar-refractivity contribution in [3.05, 3.63) is 28.5 Å². The first-order chi connectivity index (χ1) is 5.75. The number of pyridine rings is 1. The third-order valence-corrected chi connectivity index (χ3v) is 2.16. The lowest BCUT2D eigenvalue weighted by Gasteiger charge is -2.08. The molecule has 4 heteroatoms. The average Bonchev–Trinajstić information content (AvgIpc) is 2.05. The Bertz CT molecular complexity index is 305. The Morgan fingerprint density at radius 1 is 1.75 bits per heavy atom. The van der Waals surface area contributed by atoms with Gasteiger partial charge >= 0.3 is 0 Å². The van der Waals surface area contributed by atoms with Crippen molar-refractivity contribution in [1.29, 1.82) is 5.26 Å². The first kappa shape index (κ1) is 9.17. The molecule has 0 unspecified atom stereocenters. The Labute approximate surface area is 79.3 Å². The normalized spacial score (nSPS) is 12.1. The molecule has 0 aliphatic rings. The molecular weight excluding hydrogens is 218 g/mol. The van der Waals surface area contributed by atoms with Crippen molar-refractivity contribution >= 4 is 15.9 Å². The van der Waals surface area contributed by atoms with Crippen molar-refractivity contribution in [2.75, 3.05) is 0 Å². The van der Waals surface area contributed by atoms with Crippen LogP contribution >= 0.6 is 15.9 Å². The summed E-state index contributed by atoms with van der Waals surface area (Å²) < 4.78 is 0.716. The lowest BCUT2D eigenvalue weighted by Crippen LogP contribution is -2.10. The smallest absolute Gasteiger partial charge is 0.110 e. The maximum Gasteiger partial charge on any atom is 0.110 e. The van der Waals surface area contributed by atoms with E-state index >= 15 is 0 Å². The molecule has 62 valence electrons. The summed E-state index contributed by atoms with van der Waals surface area (Å²) in [7, 11) is 0. The highest BCUT2D eigenvalue weighted by molar-refractivity contribution is 9.10. The molecule has 0 aromatic carbocycles. The Kier molecular flexibility index (Phi) is 3.20. The summed E-state index contributed by atoms with van der Waals surface area (Å²) in [5, 5.41) is 8.42. The van der Waals surface area contributed by atoms with Crippen LogP contribution in [0.15, 0.2) is 22.9 Å². The van der Waals surface area contributed by atoms with E-state index in [0.717, 1.165) is 5.56 Å². The molecule has 1 aromatic heterocycles. The van der Waals surface area contributed by atoms with Gasteiger partial charge in [0.1, 0.15) is 4.60 Å². The number of nitriles is 1. The lowest BCUT2D eigenvalue weighted by molar-refractivity contribution is 0.738. The molecule has 0 radical (unpaired) electrons. The van der Waals surface area contributed by atoms with Crippen LogP contribution in [-0.4, -0.2) is 4.98 Å². The third-order valence-electron chi connectivity index (χ3n) is 1.50. The molecule has 0 saturated carbocycles. The second-order valence-electron chi connectivity index (χ2n) is 2.35. The van der Waals surface area contributed by atoms with Crippen molar-refractivity contribution in [3.63, 3.8) is 0 Å². The van der Waals surface area contributed by atoms with Crippen LogP contribution in [0.2, 0.25) is 0 Å². The summed E-state index contributed by atoms with van der Waals surface area (Å²) in [6.45, 7) is 0. The molecule has 0 fully saturated rings. The highest BCUT2D eigenvalue weighted by Crippen LogP contribution is 2.20. The summed E-state index contributed by atoms with van der Waals surface area (Å²) in [5.74, 6) is 0. The van der Waals surface area contributed by atoms with E-state index in [2.05, 4.69) is 20.9 Å². The number of hydrogen-bond acceptors (Lipinski definition) is 3. The van der Waals surface area contributed by atoms with Crippen molar-refractivity contribution in [2.24, 2.45) is 5.73 Å². The molecule has 2 N–H and O–H groups in total. The second-order valence-corrected chi connectivity index (χ2v) is 3.10. The molecule has 0 aliphatic carbocycles. The largest absolute Gasteiger partial charge is 0.323 e. The average molecular weight is 226 g/mol. The van der Waals surface area contributed by atoms with Gasteiger partial charge in [0.15, 0.2) is 0 Å². The van der Waals surface area contributed by atoms with Crippen molar-refractivity contribution < 1.29 is 0 Å². The van der Waals surface area contributed by atoms with Crippen LogP contribution in [0.5, 0.6) is 0 Å². The van der Waals surface area contributed by atoms with Gasteiger partial charge in [-0.25, -0.2) is 4.98 Å². The summed E-state index contributed by atoms with van der Waals surface area (Å²) in [6.07, 6.45) is 1.98. The molecule has 1 rings (SSSR count). The Morgan fingerprint density at radius 3 is 3.08 bits per heavy atom. The predicted octanol–water partition coefficient (Wildman–Crippen LogP) is 1.76. The molecule has 1 aromatic rings. The molecule has 12 heavy (non-hydrogen) atoms. The molecule has 3 nitrogen and oxygen atoms in total. The van der Waals surface area contributed by atoms with E-state index in [4.69, 9.17) is 11.0 Å². The van der Waals surface area contributed by atoms with Gasteiger partial charge in [0.25, 0.3) is 0 Å². The maximum atomic E-state index is 8.42. The molecule has 0 spiro atoms. The summed E-state index contributed by atoms with van der Waals surface area (Å²) >= 11 is 3.27. The summed E-state index contributed by atoms with van der Waals surface area (Å²) in [6, 6.07) is 5.43. The number of rotatable bonds is 2. The van der Waals surface area contributed by atoms with Gasteiger partial charge in [0.2, 0.25) is 0 Å². The van der Waals surface area contributed by atoms with Crippen LogP contribution in [0.1, 0.15) is 18.0 Å². The van der Waals surface area contributed by atoms with E-state index in [-0.39, 0.29) is 6.04 Å². The van der Waals surface area contributed by atoms with Gasteiger partial charge in [-0.3, -0.25) is 0 Å². The zero-order chi connectivity index (χ0) is 8.97. The summed E-state index contributed by atoms with van der Waals surface area (Å²) in [5.41, 5.74) is 6.59. The minimum absolute atomic E-state index is 0.252. The van der Waals surface area contributed by atoms with E-state index in [1.807, 2.05) is 12.1 Å². The van der Waals surface area contributed by atoms with Crippen molar-refractivity contribution in [2.45, 2.75) is 12.5 Å². The standard InChI is InChI=1S/C8H8BrN3/c9-8-6(2-1-5-12-8)7(11)3-4-10/h1-2,5,7H,3,11H2/t7-/m0/s1. The SMILES string of the molecule is N#CC[C@H](N)c1cccnc1Br. The monoisotopic (exact) mass is 225 g/mol. The van der Waals surface area contributed by atoms with Gasteiger partial charge in [-0.2, -0.15) is 5.26 Å². The van der Waals surface area contributed by atoms with Crippen LogP contribution in [-0.2, 0) is 0 Å². The zero-order valence-electron chi connectivity index (χ0n) is 6.37. The predicted molar refractivity (Wildman–Crippen MR) is 49.1 cm³/mol. The first-order valence-corrected chi connectivity index (χ1v) is 4.28. The Balaban J connectivity index is 2.88. The van der Waals surface area contributed by atoms with Gasteiger partial charge in [0, 0.05) is 17.8 Å². The van der Waals surface area contributed by atoms with Gasteiger partial charge in [0.05, 0.1) is 12.5 Å². The quantitative estimate of drug-likeness (QED) is 0.781. The topological polar surface area (TPSA) is 62.7 Å². The van der Waals surface area contributed by atoms with Crippen LogP contribution < -0.4 is 5.73 Å². The number of hydrogen-bond donors (Lipinski definition) is 1. The second kappa shape index (κ2) is 4.19. The van der Waals surface area contributed by atoms with E-state index in [0.29, 0.717) is 11.0 Å². The minimum Gasteiger partial charge on any atom is -0.323 e. The maximum absolute atomic E-state index is 8.42. The van der Waals surface area contributed by atoms with Crippen LogP contribution in [0.4, 0.5) is 0 Å². The Hall–Kier alpha value is -0.920. The third kappa shape index (κ3) is 2.03. The fourth-order valence-electron chi connectivity index (χ4n) is 0.883. The lowest BCUT2D eigenvalue weighted by atomic mass is 10.1. The van der Waals surface area contributed by atoms with Gasteiger partial charge in [-0.15, -0.1) is 0 Å². The van der Waals surface area contributed by atoms with E-state index in [9.17, 15) is 0 Å². The number of nitrogens with two attached hydrogens (primary N) is 1. The molecule has 1 heterocycles. The van der Waals surface area contributed by atoms with Crippen LogP contribution in [0.3, 0.4) is 0 Å². The van der Waals surface area contributed by atoms with E-state index < -0.39 is 0 Å². The number of nitrogens with zero attached hydrogens (tertiary/aromatic N) is 2. The first-order valence-electron chi connectivity index (χ1n) is 3.48. The minimum atomic E-state index is -0.252. The van der Waals surface area contributed by atoms with Crippen molar-refractivity contribution in [3.8, 4) is 6.07 Å². The van der Waals surface area contributed by atoms with E-state index in [1.54, 1.807) is 12.3 Å². The molecule has 1 atom stereocenters. The zero-order valence-corrected chi connectivity index (χ0v) is 7.95. The van der Waals surface area contributed by atoms with E-state index in [1.165, 1.54) is 0 Å². The van der Waals surface area contributed by atoms with Gasteiger partial charge in [-0.1, -0.05) is 6.07 Å². The Morgan fingerprint density at radius 2 is 2.50 bits per heavy atom. The highest BCUT2D eigenvalue weighted by atomic mass is 79.9. The summed E-state index contributed by atoms with van der Waals surface area (Å²) in [4.78, 5) is 4.01. The fourth-order valence-corrected chi connectivity index (χ4v) is 1.43. The molecule has 0 amide bonds. The molecule has 0 aliphatic heterocycles. The molecule has 0 saturated heterocycles. The molecular formula is C8H8BrN3.